The predicted octanol–water partition coefficient (Wildman–Crippen LogP) is 2.31. The third kappa shape index (κ3) is 6.28. The third-order valence-corrected chi connectivity index (χ3v) is 3.78. The zero-order valence-corrected chi connectivity index (χ0v) is 11.8. The van der Waals surface area contributed by atoms with Crippen molar-refractivity contribution in [1.82, 2.24) is 5.32 Å². The zero-order chi connectivity index (χ0) is 13.2. The summed E-state index contributed by atoms with van der Waals surface area (Å²) in [6.45, 7) is 8.86. The van der Waals surface area contributed by atoms with Gasteiger partial charge in [0.25, 0.3) is 0 Å². The second kappa shape index (κ2) is 9.25. The predicted molar refractivity (Wildman–Crippen MR) is 78.5 cm³/mol. The fourth-order valence-electron chi connectivity index (χ4n) is 1.69. The average molecular weight is 269 g/mol. The topological polar surface area (TPSA) is 41.5 Å². The van der Waals surface area contributed by atoms with Gasteiger partial charge in [0.1, 0.15) is 0 Å². The summed E-state index contributed by atoms with van der Waals surface area (Å²) in [6, 6.07) is 0. The number of aliphatic hydroxyl groups excluding tert-OH is 1. The van der Waals surface area contributed by atoms with E-state index in [9.17, 15) is 0 Å². The molecule has 1 rings (SSSR count). The number of aliphatic hydroxyl groups is 1. The van der Waals surface area contributed by atoms with Crippen molar-refractivity contribution in [3.8, 4) is 0 Å². The second-order valence-corrected chi connectivity index (χ2v) is 5.46. The van der Waals surface area contributed by atoms with Crippen LogP contribution in [-0.2, 0) is 4.74 Å². The second-order valence-electron chi connectivity index (χ2n) is 4.29. The van der Waals surface area contributed by atoms with Gasteiger partial charge >= 0.3 is 0 Å². The molecular formula is C14H23NO2S. The van der Waals surface area contributed by atoms with Crippen molar-refractivity contribution in [2.24, 2.45) is 5.92 Å². The quantitative estimate of drug-likeness (QED) is 0.524. The van der Waals surface area contributed by atoms with E-state index in [1.54, 1.807) is 17.8 Å². The Balaban J connectivity index is 2.33. The molecule has 1 fully saturated rings. The Bertz CT molecular complexity index is 307. The van der Waals surface area contributed by atoms with E-state index >= 15 is 0 Å². The number of thioether (sulfide) groups is 1. The van der Waals surface area contributed by atoms with Crippen LogP contribution in [0, 0.1) is 5.92 Å². The van der Waals surface area contributed by atoms with Gasteiger partial charge in [0, 0.05) is 23.1 Å². The van der Waals surface area contributed by atoms with E-state index in [0.29, 0.717) is 11.7 Å². The van der Waals surface area contributed by atoms with E-state index in [1.807, 2.05) is 19.1 Å². The van der Waals surface area contributed by atoms with Crippen molar-refractivity contribution in [3.05, 3.63) is 35.5 Å². The van der Waals surface area contributed by atoms with E-state index in [0.717, 1.165) is 30.4 Å². The molecule has 102 valence electrons. The van der Waals surface area contributed by atoms with Crippen LogP contribution in [0.25, 0.3) is 0 Å². The monoisotopic (exact) mass is 269 g/mol. The van der Waals surface area contributed by atoms with Gasteiger partial charge in [0.05, 0.1) is 19.0 Å². The van der Waals surface area contributed by atoms with Crippen molar-refractivity contribution in [1.29, 1.82) is 0 Å². The number of allylic oxidation sites excluding steroid dienone is 4. The number of rotatable bonds is 8. The molecule has 1 atom stereocenters. The van der Waals surface area contributed by atoms with Crippen LogP contribution < -0.4 is 5.32 Å². The molecular weight excluding hydrogens is 246 g/mol. The van der Waals surface area contributed by atoms with Crippen molar-refractivity contribution in [3.63, 3.8) is 0 Å². The normalized spacial score (nSPS) is 21.1. The van der Waals surface area contributed by atoms with Crippen molar-refractivity contribution in [2.75, 3.05) is 32.1 Å². The molecule has 1 aliphatic rings. The fourth-order valence-corrected chi connectivity index (χ4v) is 2.30. The molecule has 0 spiro atoms. The maximum Gasteiger partial charge on any atom is 0.0929 e. The minimum absolute atomic E-state index is 0.184. The smallest absolute Gasteiger partial charge is 0.0929 e. The van der Waals surface area contributed by atoms with Crippen LogP contribution in [0.3, 0.4) is 0 Å². The Labute approximate surface area is 114 Å². The van der Waals surface area contributed by atoms with E-state index in [4.69, 9.17) is 9.84 Å². The molecule has 0 radical (unpaired) electrons. The third-order valence-electron chi connectivity index (χ3n) is 2.75. The lowest BCUT2D eigenvalue weighted by molar-refractivity contribution is 0.174. The summed E-state index contributed by atoms with van der Waals surface area (Å²) in [7, 11) is 0. The molecule has 1 aliphatic heterocycles. The highest BCUT2D eigenvalue weighted by atomic mass is 32.2. The Hall–Kier alpha value is -0.710. The van der Waals surface area contributed by atoms with Crippen LogP contribution in [-0.4, -0.2) is 37.2 Å². The lowest BCUT2D eigenvalue weighted by Gasteiger charge is -2.10. The van der Waals surface area contributed by atoms with Gasteiger partial charge in [-0.25, -0.2) is 0 Å². The van der Waals surface area contributed by atoms with E-state index in [-0.39, 0.29) is 6.61 Å². The molecule has 18 heavy (non-hydrogen) atoms. The number of hydrogen-bond acceptors (Lipinski definition) is 4. The molecule has 0 aromatic rings. The van der Waals surface area contributed by atoms with Crippen LogP contribution in [0.5, 0.6) is 0 Å². The van der Waals surface area contributed by atoms with Gasteiger partial charge in [0.2, 0.25) is 0 Å². The summed E-state index contributed by atoms with van der Waals surface area (Å²) < 4.78 is 5.71. The molecule has 2 N–H and O–H groups in total. The standard InChI is InChI=1S/C14H23NO2S/c1-3-14(18-9-8-16)5-4-12(2)17-11-13-6-7-15-10-13/h3-5,13,15-16H,1,6-11H2,2H3/b12-4+,14-5+/t13-/m0/s1. The molecule has 4 heteroatoms. The summed E-state index contributed by atoms with van der Waals surface area (Å²) in [5, 5.41) is 12.1. The Morgan fingerprint density at radius 2 is 2.39 bits per heavy atom. The van der Waals surface area contributed by atoms with Gasteiger partial charge < -0.3 is 15.2 Å². The zero-order valence-electron chi connectivity index (χ0n) is 11.0. The van der Waals surface area contributed by atoms with Gasteiger partial charge in [0.15, 0.2) is 0 Å². The Morgan fingerprint density at radius 3 is 3.00 bits per heavy atom. The van der Waals surface area contributed by atoms with Gasteiger partial charge in [-0.2, -0.15) is 0 Å². The minimum atomic E-state index is 0.184. The first-order valence-electron chi connectivity index (χ1n) is 6.34. The first-order chi connectivity index (χ1) is 8.76. The fraction of sp³-hybridized carbons (Fsp3) is 0.571. The average Bonchev–Trinajstić information content (AvgIpc) is 2.89. The van der Waals surface area contributed by atoms with Gasteiger partial charge in [-0.1, -0.05) is 12.7 Å². The first kappa shape index (κ1) is 15.3. The van der Waals surface area contributed by atoms with Crippen LogP contribution in [0.1, 0.15) is 13.3 Å². The van der Waals surface area contributed by atoms with Gasteiger partial charge in [-0.3, -0.25) is 0 Å². The van der Waals surface area contributed by atoms with Crippen LogP contribution in [0.4, 0.5) is 0 Å². The van der Waals surface area contributed by atoms with E-state index in [1.165, 1.54) is 6.42 Å². The first-order valence-corrected chi connectivity index (χ1v) is 7.33. The molecule has 1 heterocycles. The van der Waals surface area contributed by atoms with Crippen molar-refractivity contribution >= 4 is 11.8 Å². The van der Waals surface area contributed by atoms with E-state index < -0.39 is 0 Å². The number of hydrogen-bond donors (Lipinski definition) is 2. The van der Waals surface area contributed by atoms with Crippen molar-refractivity contribution < 1.29 is 9.84 Å². The SMILES string of the molecule is C=C/C(=C\C=C(/C)OC[C@H]1CCNC1)SCCO. The van der Waals surface area contributed by atoms with Crippen LogP contribution in [0.15, 0.2) is 35.5 Å². The Morgan fingerprint density at radius 1 is 1.56 bits per heavy atom. The summed E-state index contributed by atoms with van der Waals surface area (Å²) >= 11 is 1.59. The lowest BCUT2D eigenvalue weighted by Crippen LogP contribution is -2.13. The molecule has 0 amide bonds. The molecule has 0 aliphatic carbocycles. The highest BCUT2D eigenvalue weighted by Gasteiger charge is 2.14. The molecule has 1 saturated heterocycles. The molecule has 0 aromatic heterocycles. The number of nitrogens with one attached hydrogen (secondary N) is 1. The molecule has 0 unspecified atom stereocenters. The highest BCUT2D eigenvalue weighted by molar-refractivity contribution is 8.03. The van der Waals surface area contributed by atoms with Crippen LogP contribution in [0.2, 0.25) is 0 Å². The van der Waals surface area contributed by atoms with Crippen LogP contribution >= 0.6 is 11.8 Å². The maximum absolute atomic E-state index is 8.77. The highest BCUT2D eigenvalue weighted by Crippen LogP contribution is 2.17. The maximum atomic E-state index is 8.77. The van der Waals surface area contributed by atoms with Gasteiger partial charge in [-0.05, 0) is 32.0 Å². The number of ether oxygens (including phenoxy) is 1. The lowest BCUT2D eigenvalue weighted by atomic mass is 10.1. The Kier molecular flexibility index (Phi) is 7.89. The van der Waals surface area contributed by atoms with Gasteiger partial charge in [-0.15, -0.1) is 11.8 Å². The summed E-state index contributed by atoms with van der Waals surface area (Å²) in [5.41, 5.74) is 0. The van der Waals surface area contributed by atoms with E-state index in [2.05, 4.69) is 11.9 Å². The minimum Gasteiger partial charge on any atom is -0.498 e. The summed E-state index contributed by atoms with van der Waals surface area (Å²) in [5.74, 6) is 2.25. The molecule has 3 nitrogen and oxygen atoms in total. The largest absolute Gasteiger partial charge is 0.498 e. The molecule has 0 saturated carbocycles. The summed E-state index contributed by atoms with van der Waals surface area (Å²) in [6.07, 6.45) is 6.94. The molecule has 0 aromatic carbocycles. The summed E-state index contributed by atoms with van der Waals surface area (Å²) in [4.78, 5) is 1.05. The molecule has 0 bridgehead atoms. The van der Waals surface area contributed by atoms with Crippen molar-refractivity contribution in [2.45, 2.75) is 13.3 Å².